The smallest absolute Gasteiger partial charge is 0.422 e. The number of carbonyl (C=O) groups excluding carboxylic acids is 1. The third-order valence-electron chi connectivity index (χ3n) is 5.01. The molecule has 1 heterocycles. The first kappa shape index (κ1) is 21.9. The highest BCUT2D eigenvalue weighted by Gasteiger charge is 2.23. The molecule has 0 unspecified atom stereocenters. The molecule has 0 saturated carbocycles. The Morgan fingerprint density at radius 2 is 1.88 bits per heavy atom. The van der Waals surface area contributed by atoms with Gasteiger partial charge in [-0.15, -0.1) is 0 Å². The molecule has 0 bridgehead atoms. The molecule has 0 radical (unpaired) electrons. The topological polar surface area (TPSA) is 109 Å². The Labute approximate surface area is 187 Å². The van der Waals surface area contributed by atoms with Crippen molar-refractivity contribution in [3.8, 4) is 0 Å². The lowest BCUT2D eigenvalue weighted by Crippen LogP contribution is -2.39. The quantitative estimate of drug-likeness (QED) is 0.523. The number of hydrogen-bond donors (Lipinski definition) is 3. The number of carbonyl (C=O) groups is 1. The van der Waals surface area contributed by atoms with Gasteiger partial charge in [-0.1, -0.05) is 24.3 Å². The largest absolute Gasteiger partial charge is 0.443 e. The van der Waals surface area contributed by atoms with Crippen LogP contribution in [0.5, 0.6) is 0 Å². The van der Waals surface area contributed by atoms with Gasteiger partial charge in [0.15, 0.2) is 0 Å². The second-order valence-electron chi connectivity index (χ2n) is 8.75. The fourth-order valence-electron chi connectivity index (χ4n) is 3.74. The van der Waals surface area contributed by atoms with E-state index in [4.69, 9.17) is 4.74 Å². The lowest BCUT2D eigenvalue weighted by atomic mass is 10.1. The zero-order chi connectivity index (χ0) is 22.9. The highest BCUT2D eigenvalue weighted by atomic mass is 32.2. The molecular weight excluding hydrogens is 428 g/mol. The summed E-state index contributed by atoms with van der Waals surface area (Å²) in [4.78, 5) is 16.4. The molecular formula is C23H26N4O4S. The second-order valence-corrected chi connectivity index (χ2v) is 10.2. The molecule has 1 atom stereocenters. The van der Waals surface area contributed by atoms with Crippen molar-refractivity contribution in [3.63, 3.8) is 0 Å². The van der Waals surface area contributed by atoms with Crippen LogP contribution >= 0.6 is 0 Å². The molecule has 9 heteroatoms. The van der Waals surface area contributed by atoms with Crippen molar-refractivity contribution in [2.75, 3.05) is 10.0 Å². The van der Waals surface area contributed by atoms with Crippen molar-refractivity contribution < 1.29 is 17.9 Å². The first-order valence-electron chi connectivity index (χ1n) is 10.4. The Morgan fingerprint density at radius 3 is 2.66 bits per heavy atom. The highest BCUT2D eigenvalue weighted by Crippen LogP contribution is 2.33. The standard InChI is InChI=1S/C23H26N4O4S/c1-23(2,3)31-22(28)27-32(29,30)26-17-10-12-19-16(14-17)9-13-21(24-19)25-20-11-8-15-6-4-5-7-18(15)20/h4-7,9-10,12-14,20,26H,8,11H2,1-3H3,(H,24,25)(H,27,28)/t20-/m1/s1. The lowest BCUT2D eigenvalue weighted by Gasteiger charge is -2.19. The fraction of sp³-hybridized carbons (Fsp3) is 0.304. The summed E-state index contributed by atoms with van der Waals surface area (Å²) in [5, 5.41) is 4.26. The SMILES string of the molecule is CC(C)(C)OC(=O)NS(=O)(=O)Nc1ccc2nc(N[C@@H]3CCc4ccccc43)ccc2c1. The van der Waals surface area contributed by atoms with Crippen LogP contribution in [0.4, 0.5) is 16.3 Å². The third-order valence-corrected chi connectivity index (χ3v) is 5.95. The van der Waals surface area contributed by atoms with Gasteiger partial charge in [-0.05, 0) is 75.1 Å². The Kier molecular flexibility index (Phi) is 5.68. The van der Waals surface area contributed by atoms with Gasteiger partial charge in [-0.25, -0.2) is 14.5 Å². The van der Waals surface area contributed by atoms with Crippen molar-refractivity contribution in [1.82, 2.24) is 9.71 Å². The third kappa shape index (κ3) is 5.28. The van der Waals surface area contributed by atoms with Gasteiger partial charge in [0.1, 0.15) is 11.4 Å². The molecule has 0 fully saturated rings. The number of amides is 1. The van der Waals surface area contributed by atoms with E-state index in [0.717, 1.165) is 29.6 Å². The summed E-state index contributed by atoms with van der Waals surface area (Å²) in [6.07, 6.45) is 1.02. The molecule has 1 amide bonds. The first-order valence-corrected chi connectivity index (χ1v) is 11.8. The van der Waals surface area contributed by atoms with Crippen LogP contribution in [0.25, 0.3) is 10.9 Å². The molecule has 1 aromatic heterocycles. The van der Waals surface area contributed by atoms with E-state index < -0.39 is 21.9 Å². The maximum atomic E-state index is 12.2. The number of ether oxygens (including phenoxy) is 1. The number of nitrogens with zero attached hydrogens (tertiary/aromatic N) is 1. The number of aryl methyl sites for hydroxylation is 1. The van der Waals surface area contributed by atoms with E-state index in [1.54, 1.807) is 39.0 Å². The molecule has 2 aromatic carbocycles. The average Bonchev–Trinajstić information content (AvgIpc) is 3.08. The summed E-state index contributed by atoms with van der Waals surface area (Å²) in [6, 6.07) is 17.4. The van der Waals surface area contributed by atoms with E-state index in [9.17, 15) is 13.2 Å². The number of benzene rings is 2. The van der Waals surface area contributed by atoms with Crippen molar-refractivity contribution in [3.05, 3.63) is 65.7 Å². The number of fused-ring (bicyclic) bond motifs is 2. The molecule has 168 valence electrons. The molecule has 32 heavy (non-hydrogen) atoms. The zero-order valence-electron chi connectivity index (χ0n) is 18.2. The molecule has 1 aliphatic carbocycles. The Balaban J connectivity index is 1.46. The summed E-state index contributed by atoms with van der Waals surface area (Å²) in [7, 11) is -4.13. The van der Waals surface area contributed by atoms with Crippen molar-refractivity contribution in [1.29, 1.82) is 0 Å². The minimum atomic E-state index is -4.13. The van der Waals surface area contributed by atoms with Crippen LogP contribution < -0.4 is 14.8 Å². The summed E-state index contributed by atoms with van der Waals surface area (Å²) in [5.41, 5.74) is 2.89. The van der Waals surface area contributed by atoms with Crippen LogP contribution in [0.3, 0.4) is 0 Å². The maximum Gasteiger partial charge on any atom is 0.422 e. The monoisotopic (exact) mass is 454 g/mol. The molecule has 0 aliphatic heterocycles. The van der Waals surface area contributed by atoms with Crippen molar-refractivity contribution in [2.24, 2.45) is 0 Å². The van der Waals surface area contributed by atoms with E-state index in [1.807, 2.05) is 22.9 Å². The Bertz CT molecular complexity index is 1270. The first-order chi connectivity index (χ1) is 15.1. The van der Waals surface area contributed by atoms with Crippen LogP contribution in [0, 0.1) is 0 Å². The Morgan fingerprint density at radius 1 is 1.09 bits per heavy atom. The number of rotatable bonds is 5. The van der Waals surface area contributed by atoms with Gasteiger partial charge in [0.05, 0.1) is 17.2 Å². The van der Waals surface area contributed by atoms with Crippen molar-refractivity contribution >= 4 is 38.7 Å². The second kappa shape index (κ2) is 8.31. The zero-order valence-corrected chi connectivity index (χ0v) is 19.0. The molecule has 4 rings (SSSR count). The number of hydrogen-bond acceptors (Lipinski definition) is 6. The fourth-order valence-corrected chi connectivity index (χ4v) is 4.49. The number of pyridine rings is 1. The number of anilines is 2. The number of aromatic nitrogens is 1. The van der Waals surface area contributed by atoms with Gasteiger partial charge in [-0.2, -0.15) is 8.42 Å². The van der Waals surface area contributed by atoms with Crippen LogP contribution in [0.1, 0.15) is 44.4 Å². The predicted molar refractivity (Wildman–Crippen MR) is 125 cm³/mol. The molecule has 3 aromatic rings. The molecule has 1 aliphatic rings. The summed E-state index contributed by atoms with van der Waals surface area (Å²) >= 11 is 0. The van der Waals surface area contributed by atoms with E-state index in [-0.39, 0.29) is 6.04 Å². The van der Waals surface area contributed by atoms with Crippen LogP contribution in [-0.4, -0.2) is 25.1 Å². The summed E-state index contributed by atoms with van der Waals surface area (Å²) in [6.45, 7) is 4.95. The van der Waals surface area contributed by atoms with Gasteiger partial charge in [0.2, 0.25) is 0 Å². The average molecular weight is 455 g/mol. The minimum Gasteiger partial charge on any atom is -0.443 e. The van der Waals surface area contributed by atoms with Crippen molar-refractivity contribution in [2.45, 2.75) is 45.3 Å². The summed E-state index contributed by atoms with van der Waals surface area (Å²) in [5.74, 6) is 0.763. The van der Waals surface area contributed by atoms with E-state index in [0.29, 0.717) is 5.69 Å². The molecule has 0 saturated heterocycles. The van der Waals surface area contributed by atoms with E-state index in [2.05, 4.69) is 33.2 Å². The van der Waals surface area contributed by atoms with Crippen LogP contribution in [0.2, 0.25) is 0 Å². The molecule has 0 spiro atoms. The number of nitrogens with one attached hydrogen (secondary N) is 3. The van der Waals surface area contributed by atoms with Gasteiger partial charge in [0.25, 0.3) is 0 Å². The normalized spacial score (nSPS) is 15.8. The molecule has 8 nitrogen and oxygen atoms in total. The highest BCUT2D eigenvalue weighted by molar-refractivity contribution is 7.91. The molecule has 3 N–H and O–H groups in total. The van der Waals surface area contributed by atoms with Crippen LogP contribution in [-0.2, 0) is 21.4 Å². The van der Waals surface area contributed by atoms with E-state index in [1.165, 1.54) is 11.1 Å². The Hall–Kier alpha value is -3.33. The predicted octanol–water partition coefficient (Wildman–Crippen LogP) is 4.52. The van der Waals surface area contributed by atoms with E-state index >= 15 is 0 Å². The van der Waals surface area contributed by atoms with Gasteiger partial charge < -0.3 is 10.1 Å². The lowest BCUT2D eigenvalue weighted by molar-refractivity contribution is 0.0570. The summed E-state index contributed by atoms with van der Waals surface area (Å²) < 4.78 is 33.6. The van der Waals surface area contributed by atoms with Gasteiger partial charge >= 0.3 is 16.3 Å². The van der Waals surface area contributed by atoms with Crippen LogP contribution in [0.15, 0.2) is 54.6 Å². The minimum absolute atomic E-state index is 0.223. The van der Waals surface area contributed by atoms with Gasteiger partial charge in [0, 0.05) is 5.39 Å². The maximum absolute atomic E-state index is 12.2. The van der Waals surface area contributed by atoms with Gasteiger partial charge in [-0.3, -0.25) is 4.72 Å².